The molecule has 142 valence electrons. The van der Waals surface area contributed by atoms with Crippen LogP contribution in [0.1, 0.15) is 10.4 Å². The number of nitrogens with zero attached hydrogens (tertiary/aromatic N) is 2. The second kappa shape index (κ2) is 8.13. The predicted octanol–water partition coefficient (Wildman–Crippen LogP) is 4.40. The summed E-state index contributed by atoms with van der Waals surface area (Å²) in [5, 5.41) is 2.85. The normalized spacial score (nSPS) is 14.0. The van der Waals surface area contributed by atoms with E-state index in [9.17, 15) is 9.18 Å². The monoisotopic (exact) mass is 375 g/mol. The van der Waals surface area contributed by atoms with Crippen LogP contribution in [0.5, 0.6) is 0 Å². The van der Waals surface area contributed by atoms with Crippen molar-refractivity contribution in [3.63, 3.8) is 0 Å². The van der Waals surface area contributed by atoms with Gasteiger partial charge in [-0.15, -0.1) is 0 Å². The molecule has 3 aromatic rings. The number of carbonyl (C=O) groups is 1. The van der Waals surface area contributed by atoms with Crippen LogP contribution in [0.25, 0.3) is 0 Å². The van der Waals surface area contributed by atoms with Gasteiger partial charge in [0.05, 0.1) is 0 Å². The molecule has 28 heavy (non-hydrogen) atoms. The summed E-state index contributed by atoms with van der Waals surface area (Å²) in [4.78, 5) is 17.0. The molecule has 1 N–H and O–H groups in total. The zero-order chi connectivity index (χ0) is 19.3. The van der Waals surface area contributed by atoms with E-state index in [1.807, 2.05) is 30.3 Å². The molecule has 1 saturated heterocycles. The number of rotatable bonds is 4. The summed E-state index contributed by atoms with van der Waals surface area (Å²) in [5.74, 6) is -0.600. The Morgan fingerprint density at radius 2 is 1.25 bits per heavy atom. The van der Waals surface area contributed by atoms with Gasteiger partial charge in [-0.25, -0.2) is 4.39 Å². The summed E-state index contributed by atoms with van der Waals surface area (Å²) < 4.78 is 13.0. The van der Waals surface area contributed by atoms with Gasteiger partial charge in [-0.2, -0.15) is 0 Å². The SMILES string of the molecule is O=C(Nc1ccc(N2CCN(c3ccccc3)CC2)cc1)c1ccc(F)cc1. The molecule has 1 aliphatic rings. The Morgan fingerprint density at radius 3 is 1.82 bits per heavy atom. The van der Waals surface area contributed by atoms with Crippen LogP contribution in [0.15, 0.2) is 78.9 Å². The quantitative estimate of drug-likeness (QED) is 0.734. The third-order valence-electron chi connectivity index (χ3n) is 5.00. The molecule has 0 atom stereocenters. The number of hydrogen-bond acceptors (Lipinski definition) is 3. The Kier molecular flexibility index (Phi) is 5.24. The molecule has 5 heteroatoms. The zero-order valence-electron chi connectivity index (χ0n) is 15.5. The highest BCUT2D eigenvalue weighted by atomic mass is 19.1. The number of para-hydroxylation sites is 1. The summed E-state index contributed by atoms with van der Waals surface area (Å²) in [7, 11) is 0. The number of hydrogen-bond donors (Lipinski definition) is 1. The van der Waals surface area contributed by atoms with E-state index in [0.29, 0.717) is 5.56 Å². The van der Waals surface area contributed by atoms with Crippen molar-refractivity contribution in [3.8, 4) is 0 Å². The summed E-state index contributed by atoms with van der Waals surface area (Å²) in [6, 6.07) is 23.9. The Bertz CT molecular complexity index is 918. The van der Waals surface area contributed by atoms with Gasteiger partial charge >= 0.3 is 0 Å². The fourth-order valence-corrected chi connectivity index (χ4v) is 3.42. The molecule has 0 bridgehead atoms. The molecule has 0 unspecified atom stereocenters. The van der Waals surface area contributed by atoms with Crippen LogP contribution in [-0.4, -0.2) is 32.1 Å². The number of carbonyl (C=O) groups excluding carboxylic acids is 1. The number of halogens is 1. The lowest BCUT2D eigenvalue weighted by molar-refractivity contribution is 0.102. The van der Waals surface area contributed by atoms with Gasteiger partial charge in [0.15, 0.2) is 0 Å². The lowest BCUT2D eigenvalue weighted by Crippen LogP contribution is -2.46. The molecule has 1 fully saturated rings. The second-order valence-electron chi connectivity index (χ2n) is 6.82. The largest absolute Gasteiger partial charge is 0.368 e. The van der Waals surface area contributed by atoms with Crippen molar-refractivity contribution < 1.29 is 9.18 Å². The lowest BCUT2D eigenvalue weighted by Gasteiger charge is -2.37. The Labute approximate surface area is 164 Å². The molecule has 1 amide bonds. The molecule has 3 aromatic carbocycles. The van der Waals surface area contributed by atoms with Crippen LogP contribution in [-0.2, 0) is 0 Å². The molecule has 0 aromatic heterocycles. The molecular weight excluding hydrogens is 353 g/mol. The number of nitrogens with one attached hydrogen (secondary N) is 1. The molecule has 0 spiro atoms. The average Bonchev–Trinajstić information content (AvgIpc) is 2.75. The third kappa shape index (κ3) is 4.14. The van der Waals surface area contributed by atoms with Gasteiger partial charge in [-0.3, -0.25) is 4.79 Å². The van der Waals surface area contributed by atoms with E-state index in [4.69, 9.17) is 0 Å². The van der Waals surface area contributed by atoms with Gasteiger partial charge in [-0.1, -0.05) is 18.2 Å². The van der Waals surface area contributed by atoms with Crippen molar-refractivity contribution in [3.05, 3.63) is 90.2 Å². The minimum absolute atomic E-state index is 0.246. The van der Waals surface area contributed by atoms with E-state index in [1.165, 1.54) is 30.0 Å². The summed E-state index contributed by atoms with van der Waals surface area (Å²) in [6.45, 7) is 3.87. The minimum atomic E-state index is -0.353. The lowest BCUT2D eigenvalue weighted by atomic mass is 10.2. The highest BCUT2D eigenvalue weighted by molar-refractivity contribution is 6.04. The van der Waals surface area contributed by atoms with Crippen LogP contribution in [0.2, 0.25) is 0 Å². The number of anilines is 3. The number of benzene rings is 3. The van der Waals surface area contributed by atoms with Gasteiger partial charge in [0, 0.05) is 48.8 Å². The van der Waals surface area contributed by atoms with E-state index in [-0.39, 0.29) is 11.7 Å². The molecule has 1 heterocycles. The summed E-state index contributed by atoms with van der Waals surface area (Å²) >= 11 is 0. The van der Waals surface area contributed by atoms with Crippen molar-refractivity contribution in [1.82, 2.24) is 0 Å². The van der Waals surface area contributed by atoms with Crippen molar-refractivity contribution in [2.24, 2.45) is 0 Å². The van der Waals surface area contributed by atoms with Crippen LogP contribution < -0.4 is 15.1 Å². The van der Waals surface area contributed by atoms with Gasteiger partial charge in [0.25, 0.3) is 5.91 Å². The first-order valence-electron chi connectivity index (χ1n) is 9.41. The number of amides is 1. The van der Waals surface area contributed by atoms with E-state index in [1.54, 1.807) is 0 Å². The first kappa shape index (κ1) is 18.0. The van der Waals surface area contributed by atoms with E-state index in [0.717, 1.165) is 37.6 Å². The maximum absolute atomic E-state index is 13.0. The maximum atomic E-state index is 13.0. The molecular formula is C23H22FN3O. The Morgan fingerprint density at radius 1 is 0.714 bits per heavy atom. The van der Waals surface area contributed by atoms with Crippen molar-refractivity contribution in [2.75, 3.05) is 41.3 Å². The fourth-order valence-electron chi connectivity index (χ4n) is 3.42. The van der Waals surface area contributed by atoms with E-state index >= 15 is 0 Å². The summed E-state index contributed by atoms with van der Waals surface area (Å²) in [5.41, 5.74) is 3.57. The molecule has 0 radical (unpaired) electrons. The third-order valence-corrected chi connectivity index (χ3v) is 5.00. The van der Waals surface area contributed by atoms with Crippen molar-refractivity contribution in [1.29, 1.82) is 0 Å². The van der Waals surface area contributed by atoms with Gasteiger partial charge in [-0.05, 0) is 60.7 Å². The Balaban J connectivity index is 1.35. The molecule has 1 aliphatic heterocycles. The van der Waals surface area contributed by atoms with Crippen molar-refractivity contribution >= 4 is 23.0 Å². The van der Waals surface area contributed by atoms with Gasteiger partial charge in [0.1, 0.15) is 5.82 Å². The summed E-state index contributed by atoms with van der Waals surface area (Å²) in [6.07, 6.45) is 0. The zero-order valence-corrected chi connectivity index (χ0v) is 15.5. The van der Waals surface area contributed by atoms with Crippen LogP contribution >= 0.6 is 0 Å². The first-order valence-corrected chi connectivity index (χ1v) is 9.41. The molecule has 0 saturated carbocycles. The Hall–Kier alpha value is -3.34. The van der Waals surface area contributed by atoms with Crippen molar-refractivity contribution in [2.45, 2.75) is 0 Å². The molecule has 0 aliphatic carbocycles. The topological polar surface area (TPSA) is 35.6 Å². The standard InChI is InChI=1S/C23H22FN3O/c24-19-8-6-18(7-9-19)23(28)25-20-10-12-22(13-11-20)27-16-14-26(15-17-27)21-4-2-1-3-5-21/h1-13H,14-17H2,(H,25,28). The van der Waals surface area contributed by atoms with Crippen LogP contribution in [0.4, 0.5) is 21.5 Å². The van der Waals surface area contributed by atoms with E-state index in [2.05, 4.69) is 39.4 Å². The van der Waals surface area contributed by atoms with Crippen LogP contribution in [0, 0.1) is 5.82 Å². The van der Waals surface area contributed by atoms with Gasteiger partial charge in [0.2, 0.25) is 0 Å². The van der Waals surface area contributed by atoms with E-state index < -0.39 is 0 Å². The minimum Gasteiger partial charge on any atom is -0.368 e. The first-order chi connectivity index (χ1) is 13.7. The second-order valence-corrected chi connectivity index (χ2v) is 6.82. The maximum Gasteiger partial charge on any atom is 0.255 e. The number of piperazine rings is 1. The molecule has 4 rings (SSSR count). The smallest absolute Gasteiger partial charge is 0.255 e. The average molecular weight is 375 g/mol. The van der Waals surface area contributed by atoms with Gasteiger partial charge < -0.3 is 15.1 Å². The van der Waals surface area contributed by atoms with Crippen LogP contribution in [0.3, 0.4) is 0 Å². The highest BCUT2D eigenvalue weighted by Gasteiger charge is 2.17. The highest BCUT2D eigenvalue weighted by Crippen LogP contribution is 2.22. The fraction of sp³-hybridized carbons (Fsp3) is 0.174. The molecule has 4 nitrogen and oxygen atoms in total. The predicted molar refractivity (Wildman–Crippen MR) is 112 cm³/mol.